The summed E-state index contributed by atoms with van der Waals surface area (Å²) in [7, 11) is 2.32. The van der Waals surface area contributed by atoms with Crippen molar-refractivity contribution < 1.29 is 27.1 Å². The molecule has 1 aliphatic rings. The van der Waals surface area contributed by atoms with Crippen LogP contribution in [0.15, 0.2) is 57.0 Å². The Labute approximate surface area is 215 Å². The van der Waals surface area contributed by atoms with Gasteiger partial charge in [-0.3, -0.25) is 19.1 Å². The molecule has 0 spiro atoms. The molecule has 0 atom stereocenters. The average Bonchev–Trinajstić information content (AvgIpc) is 3.17. The summed E-state index contributed by atoms with van der Waals surface area (Å²) in [6.07, 6.45) is -4.97. The fourth-order valence-electron chi connectivity index (χ4n) is 3.60. The summed E-state index contributed by atoms with van der Waals surface area (Å²) >= 11 is 7.25. The fraction of sp³-hybridized carbons (Fsp3) is 0.217. The average molecular weight is 557 g/mol. The number of ether oxygens (including phenoxy) is 1. The van der Waals surface area contributed by atoms with Gasteiger partial charge in [-0.15, -0.1) is 0 Å². The quantitative estimate of drug-likeness (QED) is 0.441. The third kappa shape index (κ3) is 5.27. The molecule has 0 radical (unpaired) electrons. The smallest absolute Gasteiger partial charge is 0.431 e. The number of carbonyl (C=O) groups is 1. The standard InChI is InChI=1S/C23H17ClF4N4O4S/c1-30-18(23(26,27)28)9-19(33)32(22(30)35)17-8-16(14(24)7-15(17)25)29-21-31(20(34)11-37-21)10-12-4-3-5-13(6-12)36-2/h3-9H,10-11H2,1-2H3. The van der Waals surface area contributed by atoms with E-state index in [0.717, 1.165) is 36.5 Å². The van der Waals surface area contributed by atoms with Crippen LogP contribution in [0.2, 0.25) is 5.02 Å². The lowest BCUT2D eigenvalue weighted by molar-refractivity contribution is -0.144. The van der Waals surface area contributed by atoms with Crippen molar-refractivity contribution in [2.45, 2.75) is 12.7 Å². The maximum Gasteiger partial charge on any atom is 0.431 e. The molecule has 1 aromatic heterocycles. The predicted octanol–water partition coefficient (Wildman–Crippen LogP) is 4.12. The summed E-state index contributed by atoms with van der Waals surface area (Å²) in [6.45, 7) is 0.145. The first kappa shape index (κ1) is 26.5. The molecule has 0 unspecified atom stereocenters. The number of nitrogens with zero attached hydrogens (tertiary/aromatic N) is 4. The number of amidine groups is 1. The van der Waals surface area contributed by atoms with Gasteiger partial charge in [0.05, 0.1) is 35.8 Å². The van der Waals surface area contributed by atoms with Crippen LogP contribution in [0.4, 0.5) is 23.2 Å². The highest BCUT2D eigenvalue weighted by Gasteiger charge is 2.35. The number of aliphatic imine (C=N–C) groups is 1. The van der Waals surface area contributed by atoms with E-state index in [1.807, 2.05) is 0 Å². The van der Waals surface area contributed by atoms with Gasteiger partial charge in [0, 0.05) is 13.1 Å². The van der Waals surface area contributed by atoms with Gasteiger partial charge in [0.1, 0.15) is 17.3 Å². The molecule has 0 bridgehead atoms. The number of methoxy groups -OCH3 is 1. The van der Waals surface area contributed by atoms with E-state index >= 15 is 0 Å². The lowest BCUT2D eigenvalue weighted by Gasteiger charge is -2.17. The van der Waals surface area contributed by atoms with Crippen LogP contribution in [-0.4, -0.2) is 38.0 Å². The van der Waals surface area contributed by atoms with Gasteiger partial charge >= 0.3 is 11.9 Å². The maximum atomic E-state index is 14.8. The molecule has 0 aliphatic carbocycles. The van der Waals surface area contributed by atoms with Crippen molar-refractivity contribution in [2.75, 3.05) is 12.9 Å². The number of halogens is 5. The molecule has 3 aromatic rings. The lowest BCUT2D eigenvalue weighted by Crippen LogP contribution is -2.41. The summed E-state index contributed by atoms with van der Waals surface area (Å²) in [6, 6.07) is 8.97. The minimum Gasteiger partial charge on any atom is -0.497 e. The largest absolute Gasteiger partial charge is 0.497 e. The first-order chi connectivity index (χ1) is 17.4. The SMILES string of the molecule is COc1cccc(CN2C(=O)CSC2=Nc2cc(-n3c(=O)cc(C(F)(F)F)n(C)c3=O)c(F)cc2Cl)c1. The summed E-state index contributed by atoms with van der Waals surface area (Å²) in [4.78, 5) is 43.3. The summed E-state index contributed by atoms with van der Waals surface area (Å²) < 4.78 is 60.0. The van der Waals surface area contributed by atoms with Crippen molar-refractivity contribution in [3.63, 3.8) is 0 Å². The molecule has 2 aromatic carbocycles. The molecule has 8 nitrogen and oxygen atoms in total. The number of hydrogen-bond donors (Lipinski definition) is 0. The Balaban J connectivity index is 1.78. The van der Waals surface area contributed by atoms with E-state index in [0.29, 0.717) is 5.75 Å². The number of carbonyl (C=O) groups excluding carboxylic acids is 1. The monoisotopic (exact) mass is 556 g/mol. The van der Waals surface area contributed by atoms with E-state index in [-0.39, 0.29) is 49.3 Å². The molecular formula is C23H17ClF4N4O4S. The normalized spacial score (nSPS) is 15.1. The van der Waals surface area contributed by atoms with Crippen LogP contribution >= 0.6 is 23.4 Å². The van der Waals surface area contributed by atoms with Crippen LogP contribution in [0.3, 0.4) is 0 Å². The first-order valence-electron chi connectivity index (χ1n) is 10.4. The third-order valence-corrected chi connectivity index (χ3v) is 6.68. The van der Waals surface area contributed by atoms with E-state index in [4.69, 9.17) is 16.3 Å². The van der Waals surface area contributed by atoms with Crippen molar-refractivity contribution >= 4 is 40.1 Å². The number of benzene rings is 2. The zero-order valence-corrected chi connectivity index (χ0v) is 20.7. The van der Waals surface area contributed by atoms with Crippen LogP contribution in [0.5, 0.6) is 5.75 Å². The molecule has 1 aliphatic heterocycles. The number of hydrogen-bond acceptors (Lipinski definition) is 6. The van der Waals surface area contributed by atoms with Gasteiger partial charge in [-0.2, -0.15) is 13.2 Å². The highest BCUT2D eigenvalue weighted by molar-refractivity contribution is 8.15. The maximum absolute atomic E-state index is 14.8. The second-order valence-electron chi connectivity index (χ2n) is 7.81. The molecule has 1 amide bonds. The summed E-state index contributed by atoms with van der Waals surface area (Å²) in [5.41, 5.74) is -4.28. The van der Waals surface area contributed by atoms with Crippen molar-refractivity contribution in [1.82, 2.24) is 14.0 Å². The van der Waals surface area contributed by atoms with E-state index in [9.17, 15) is 31.9 Å². The lowest BCUT2D eigenvalue weighted by atomic mass is 10.2. The third-order valence-electron chi connectivity index (χ3n) is 5.42. The van der Waals surface area contributed by atoms with Crippen molar-refractivity contribution in [3.8, 4) is 11.4 Å². The minimum absolute atomic E-state index is 0.0768. The molecular weight excluding hydrogens is 540 g/mol. The zero-order valence-electron chi connectivity index (χ0n) is 19.2. The summed E-state index contributed by atoms with van der Waals surface area (Å²) in [5, 5.41) is 0.0201. The molecule has 4 rings (SSSR count). The zero-order chi connectivity index (χ0) is 27.1. The number of thioether (sulfide) groups is 1. The molecule has 194 valence electrons. The van der Waals surface area contributed by atoms with Crippen LogP contribution in [0.1, 0.15) is 11.3 Å². The van der Waals surface area contributed by atoms with Gasteiger partial charge in [-0.1, -0.05) is 35.5 Å². The Kier molecular flexibility index (Phi) is 7.20. The Morgan fingerprint density at radius 1 is 1.14 bits per heavy atom. The molecule has 2 heterocycles. The van der Waals surface area contributed by atoms with Gasteiger partial charge in [0.2, 0.25) is 5.91 Å². The van der Waals surface area contributed by atoms with Crippen LogP contribution in [-0.2, 0) is 24.6 Å². The molecule has 1 saturated heterocycles. The highest BCUT2D eigenvalue weighted by atomic mass is 35.5. The number of aromatic nitrogens is 2. The Morgan fingerprint density at radius 3 is 2.54 bits per heavy atom. The Morgan fingerprint density at radius 2 is 1.86 bits per heavy atom. The minimum atomic E-state index is -4.97. The Hall–Kier alpha value is -3.58. The Bertz CT molecular complexity index is 1550. The van der Waals surface area contributed by atoms with Crippen molar-refractivity contribution in [2.24, 2.45) is 12.0 Å². The van der Waals surface area contributed by atoms with Gasteiger partial charge in [0.25, 0.3) is 5.56 Å². The molecule has 1 fully saturated rings. The van der Waals surface area contributed by atoms with E-state index in [1.165, 1.54) is 12.0 Å². The summed E-state index contributed by atoms with van der Waals surface area (Å²) in [5.74, 6) is -0.716. The van der Waals surface area contributed by atoms with Gasteiger partial charge < -0.3 is 4.74 Å². The van der Waals surface area contributed by atoms with E-state index < -0.39 is 34.6 Å². The van der Waals surface area contributed by atoms with E-state index in [1.54, 1.807) is 24.3 Å². The second-order valence-corrected chi connectivity index (χ2v) is 9.16. The van der Waals surface area contributed by atoms with E-state index in [2.05, 4.69) is 4.99 Å². The van der Waals surface area contributed by atoms with Gasteiger partial charge in [0.15, 0.2) is 5.17 Å². The molecule has 0 N–H and O–H groups in total. The van der Waals surface area contributed by atoms with Crippen LogP contribution in [0, 0.1) is 5.82 Å². The number of amides is 1. The predicted molar refractivity (Wildman–Crippen MR) is 130 cm³/mol. The molecule has 37 heavy (non-hydrogen) atoms. The molecule has 0 saturated carbocycles. The van der Waals surface area contributed by atoms with Gasteiger partial charge in [-0.05, 0) is 29.8 Å². The van der Waals surface area contributed by atoms with Crippen molar-refractivity contribution in [1.29, 1.82) is 0 Å². The van der Waals surface area contributed by atoms with Gasteiger partial charge in [-0.25, -0.2) is 18.7 Å². The van der Waals surface area contributed by atoms with Crippen LogP contribution < -0.4 is 16.0 Å². The van der Waals surface area contributed by atoms with Crippen LogP contribution in [0.25, 0.3) is 5.69 Å². The first-order valence-corrected chi connectivity index (χ1v) is 11.8. The number of alkyl halides is 3. The van der Waals surface area contributed by atoms with Crippen molar-refractivity contribution in [3.05, 3.63) is 85.4 Å². The molecule has 14 heteroatoms. The fourth-order valence-corrected chi connectivity index (χ4v) is 4.68. The highest BCUT2D eigenvalue weighted by Crippen LogP contribution is 2.33. The number of rotatable bonds is 5. The topological polar surface area (TPSA) is 85.9 Å². The second kappa shape index (κ2) is 10.1.